The Morgan fingerprint density at radius 2 is 2.17 bits per heavy atom. The van der Waals surface area contributed by atoms with E-state index in [9.17, 15) is 4.79 Å². The third kappa shape index (κ3) is 1.66. The summed E-state index contributed by atoms with van der Waals surface area (Å²) >= 11 is 1.23. The lowest BCUT2D eigenvalue weighted by Crippen LogP contribution is -1.89. The Balaban J connectivity index is 2.36. The Labute approximate surface area is 108 Å². The molecule has 3 rings (SSSR count). The zero-order valence-corrected chi connectivity index (χ0v) is 10.6. The van der Waals surface area contributed by atoms with Gasteiger partial charge in [-0.1, -0.05) is 25.1 Å². The number of carboxylic acids is 1. The van der Waals surface area contributed by atoms with Gasteiger partial charge < -0.3 is 5.11 Å². The molecule has 0 spiro atoms. The summed E-state index contributed by atoms with van der Waals surface area (Å²) in [6.07, 6.45) is 0.924. The molecule has 0 unspecified atom stereocenters. The number of aromatic carboxylic acids is 1. The average Bonchev–Trinajstić information content (AvgIpc) is 2.78. The number of carbonyl (C=O) groups is 1. The highest BCUT2D eigenvalue weighted by Gasteiger charge is 2.11. The summed E-state index contributed by atoms with van der Waals surface area (Å²) in [5, 5.41) is 11.0. The smallest absolute Gasteiger partial charge is 0.345 e. The van der Waals surface area contributed by atoms with Gasteiger partial charge in [0.25, 0.3) is 0 Å². The van der Waals surface area contributed by atoms with Gasteiger partial charge in [-0.05, 0) is 24.1 Å². The molecule has 0 saturated carbocycles. The molecule has 18 heavy (non-hydrogen) atoms. The highest BCUT2D eigenvalue weighted by Crippen LogP contribution is 2.28. The third-order valence-corrected chi connectivity index (χ3v) is 4.04. The van der Waals surface area contributed by atoms with E-state index in [0.717, 1.165) is 27.5 Å². The third-order valence-electron chi connectivity index (χ3n) is 3.01. The highest BCUT2D eigenvalue weighted by molar-refractivity contribution is 7.20. The lowest BCUT2D eigenvalue weighted by atomic mass is 10.1. The molecule has 0 bridgehead atoms. The summed E-state index contributed by atoms with van der Waals surface area (Å²) in [5.41, 5.74) is 2.17. The maximum absolute atomic E-state index is 11.0. The van der Waals surface area contributed by atoms with Gasteiger partial charge in [-0.3, -0.25) is 0 Å². The van der Waals surface area contributed by atoms with E-state index in [1.54, 1.807) is 6.07 Å². The van der Waals surface area contributed by atoms with Crippen molar-refractivity contribution in [3.05, 3.63) is 40.8 Å². The molecular weight excluding hydrogens is 246 g/mol. The maximum atomic E-state index is 11.0. The lowest BCUT2D eigenvalue weighted by molar-refractivity contribution is 0.0702. The first-order valence-electron chi connectivity index (χ1n) is 5.74. The maximum Gasteiger partial charge on any atom is 0.345 e. The molecule has 3 nitrogen and oxygen atoms in total. The van der Waals surface area contributed by atoms with Crippen LogP contribution < -0.4 is 0 Å². The second-order valence-corrected chi connectivity index (χ2v) is 5.17. The molecule has 0 aliphatic heterocycles. The number of para-hydroxylation sites is 1. The molecule has 90 valence electrons. The van der Waals surface area contributed by atoms with E-state index in [0.29, 0.717) is 4.88 Å². The quantitative estimate of drug-likeness (QED) is 0.761. The number of nitrogens with zero attached hydrogens (tertiary/aromatic N) is 1. The molecule has 3 aromatic rings. The second-order valence-electron chi connectivity index (χ2n) is 4.14. The van der Waals surface area contributed by atoms with Crippen LogP contribution in [-0.2, 0) is 6.42 Å². The fraction of sp³-hybridized carbons (Fsp3) is 0.143. The Kier molecular flexibility index (Phi) is 2.52. The number of thiophene rings is 1. The zero-order chi connectivity index (χ0) is 12.7. The van der Waals surface area contributed by atoms with Gasteiger partial charge >= 0.3 is 5.97 Å². The van der Waals surface area contributed by atoms with Crippen molar-refractivity contribution in [3.63, 3.8) is 0 Å². The van der Waals surface area contributed by atoms with Gasteiger partial charge in [-0.25, -0.2) is 9.78 Å². The number of carboxylic acid groups (broad SMARTS) is 1. The van der Waals surface area contributed by atoms with Crippen molar-refractivity contribution in [2.24, 2.45) is 0 Å². The van der Waals surface area contributed by atoms with Crippen molar-refractivity contribution in [3.8, 4) is 0 Å². The first-order chi connectivity index (χ1) is 8.69. The molecule has 2 aromatic heterocycles. The molecule has 2 heterocycles. The average molecular weight is 257 g/mol. The predicted octanol–water partition coefficient (Wildman–Crippen LogP) is 3.71. The van der Waals surface area contributed by atoms with Crippen LogP contribution in [0.3, 0.4) is 0 Å². The van der Waals surface area contributed by atoms with Crippen LogP contribution >= 0.6 is 11.3 Å². The Hall–Kier alpha value is -1.94. The Morgan fingerprint density at radius 3 is 2.89 bits per heavy atom. The monoisotopic (exact) mass is 257 g/mol. The molecule has 0 saturated heterocycles. The number of benzene rings is 1. The molecule has 0 aliphatic rings. The van der Waals surface area contributed by atoms with Crippen LogP contribution in [-0.4, -0.2) is 16.1 Å². The molecular formula is C14H11NO2S. The first-order valence-corrected chi connectivity index (χ1v) is 6.56. The minimum atomic E-state index is -0.891. The number of hydrogen-bond acceptors (Lipinski definition) is 3. The van der Waals surface area contributed by atoms with Crippen LogP contribution in [0.15, 0.2) is 30.3 Å². The van der Waals surface area contributed by atoms with E-state index < -0.39 is 5.97 Å². The fourth-order valence-corrected chi connectivity index (χ4v) is 2.96. The van der Waals surface area contributed by atoms with Gasteiger partial charge in [0.2, 0.25) is 0 Å². The van der Waals surface area contributed by atoms with Crippen molar-refractivity contribution >= 4 is 38.4 Å². The summed E-state index contributed by atoms with van der Waals surface area (Å²) in [6, 6.07) is 9.79. The topological polar surface area (TPSA) is 50.2 Å². The zero-order valence-electron chi connectivity index (χ0n) is 9.80. The second kappa shape index (κ2) is 4.07. The molecule has 0 radical (unpaired) electrons. The molecule has 1 aromatic carbocycles. The number of aromatic nitrogens is 1. The summed E-state index contributed by atoms with van der Waals surface area (Å²) in [7, 11) is 0. The number of fused-ring (bicyclic) bond motifs is 2. The van der Waals surface area contributed by atoms with Gasteiger partial charge in [-0.2, -0.15) is 0 Å². The van der Waals surface area contributed by atoms with Crippen molar-refractivity contribution < 1.29 is 9.90 Å². The van der Waals surface area contributed by atoms with E-state index in [2.05, 4.69) is 18.0 Å². The molecule has 0 atom stereocenters. The van der Waals surface area contributed by atoms with Crippen LogP contribution in [0, 0.1) is 0 Å². The minimum Gasteiger partial charge on any atom is -0.477 e. The summed E-state index contributed by atoms with van der Waals surface area (Å²) < 4.78 is 0. The fourth-order valence-electron chi connectivity index (χ4n) is 2.11. The summed E-state index contributed by atoms with van der Waals surface area (Å²) in [5.74, 6) is -0.891. The molecule has 0 aliphatic carbocycles. The number of hydrogen-bond donors (Lipinski definition) is 1. The highest BCUT2D eigenvalue weighted by atomic mass is 32.1. The lowest BCUT2D eigenvalue weighted by Gasteiger charge is -2.02. The molecule has 1 N–H and O–H groups in total. The SMILES string of the molecule is CCc1cccc2cc3cc(C(=O)O)sc3nc12. The molecule has 4 heteroatoms. The molecule has 0 amide bonds. The van der Waals surface area contributed by atoms with Crippen molar-refractivity contribution in [2.75, 3.05) is 0 Å². The van der Waals surface area contributed by atoms with Crippen LogP contribution in [0.25, 0.3) is 21.1 Å². The largest absolute Gasteiger partial charge is 0.477 e. The van der Waals surface area contributed by atoms with Gasteiger partial charge in [0.15, 0.2) is 0 Å². The van der Waals surface area contributed by atoms with Crippen LogP contribution in [0.2, 0.25) is 0 Å². The van der Waals surface area contributed by atoms with E-state index in [-0.39, 0.29) is 0 Å². The first kappa shape index (κ1) is 11.2. The van der Waals surface area contributed by atoms with Gasteiger partial charge in [0.05, 0.1) is 5.52 Å². The van der Waals surface area contributed by atoms with Crippen molar-refractivity contribution in [1.82, 2.24) is 4.98 Å². The predicted molar refractivity (Wildman–Crippen MR) is 73.5 cm³/mol. The van der Waals surface area contributed by atoms with Crippen LogP contribution in [0.5, 0.6) is 0 Å². The normalized spacial score (nSPS) is 11.2. The standard InChI is InChI=1S/C14H11NO2S/c1-2-8-4-3-5-9-6-10-7-11(14(16)17)18-13(10)15-12(8)9/h3-7H,2H2,1H3,(H,16,17). The number of pyridine rings is 1. The van der Waals surface area contributed by atoms with E-state index in [1.165, 1.54) is 16.9 Å². The van der Waals surface area contributed by atoms with Gasteiger partial charge in [-0.15, -0.1) is 11.3 Å². The van der Waals surface area contributed by atoms with Gasteiger partial charge in [0.1, 0.15) is 9.71 Å². The van der Waals surface area contributed by atoms with E-state index >= 15 is 0 Å². The van der Waals surface area contributed by atoms with E-state index in [1.807, 2.05) is 18.2 Å². The Bertz CT molecular complexity index is 761. The minimum absolute atomic E-state index is 0.339. The number of rotatable bonds is 2. The van der Waals surface area contributed by atoms with Crippen LogP contribution in [0.1, 0.15) is 22.2 Å². The van der Waals surface area contributed by atoms with Crippen molar-refractivity contribution in [2.45, 2.75) is 13.3 Å². The van der Waals surface area contributed by atoms with Crippen molar-refractivity contribution in [1.29, 1.82) is 0 Å². The Morgan fingerprint density at radius 1 is 1.33 bits per heavy atom. The number of aryl methyl sites for hydroxylation is 1. The van der Waals surface area contributed by atoms with Crippen LogP contribution in [0.4, 0.5) is 0 Å². The van der Waals surface area contributed by atoms with Gasteiger partial charge in [0, 0.05) is 10.8 Å². The molecule has 0 fully saturated rings. The van der Waals surface area contributed by atoms with E-state index in [4.69, 9.17) is 5.11 Å². The summed E-state index contributed by atoms with van der Waals surface area (Å²) in [4.78, 5) is 16.7. The summed E-state index contributed by atoms with van der Waals surface area (Å²) in [6.45, 7) is 2.09.